The number of ether oxygens (including phenoxy) is 4. The number of nitro benzene ring substituents is 1. The van der Waals surface area contributed by atoms with Gasteiger partial charge in [-0.25, -0.2) is 14.6 Å². The van der Waals surface area contributed by atoms with Crippen molar-refractivity contribution < 1.29 is 53.5 Å². The number of aromatic amines is 1. The third kappa shape index (κ3) is 11.7. The summed E-state index contributed by atoms with van der Waals surface area (Å²) in [7, 11) is 1.43. The second-order valence-corrected chi connectivity index (χ2v) is 14.6. The van der Waals surface area contributed by atoms with E-state index in [-0.39, 0.29) is 60.6 Å². The number of carbonyl (C=O) groups is 4. The van der Waals surface area contributed by atoms with Gasteiger partial charge in [-0.05, 0) is 77.1 Å². The van der Waals surface area contributed by atoms with Crippen molar-refractivity contribution >= 4 is 57.9 Å². The highest BCUT2D eigenvalue weighted by atomic mass is 16.6. The van der Waals surface area contributed by atoms with Gasteiger partial charge in [0.05, 0.1) is 28.8 Å². The van der Waals surface area contributed by atoms with Crippen LogP contribution in [-0.4, -0.2) is 75.9 Å². The molecular formula is C42H50N10O10+2. The first-order valence-corrected chi connectivity index (χ1v) is 19.3. The molecule has 5 rings (SSSR count). The van der Waals surface area contributed by atoms with E-state index in [1.54, 1.807) is 84.7 Å². The highest BCUT2D eigenvalue weighted by Crippen LogP contribution is 2.36. The van der Waals surface area contributed by atoms with Crippen molar-refractivity contribution in [1.29, 1.82) is 0 Å². The van der Waals surface area contributed by atoms with Crippen LogP contribution in [-0.2, 0) is 17.8 Å². The molecule has 0 bridgehead atoms. The van der Waals surface area contributed by atoms with Crippen LogP contribution in [0, 0.1) is 17.0 Å². The number of nitrogens with two attached hydrogens (primary N) is 1. The van der Waals surface area contributed by atoms with Crippen LogP contribution >= 0.6 is 0 Å². The molecule has 5 aromatic rings. The lowest BCUT2D eigenvalue weighted by Crippen LogP contribution is -2.56. The summed E-state index contributed by atoms with van der Waals surface area (Å²) in [6, 6.07) is 13.9. The van der Waals surface area contributed by atoms with E-state index in [0.29, 0.717) is 34.7 Å². The summed E-state index contributed by atoms with van der Waals surface area (Å²) >= 11 is 0. The third-order valence-electron chi connectivity index (χ3n) is 8.82. The third-order valence-corrected chi connectivity index (χ3v) is 8.82. The molecule has 0 aliphatic rings. The van der Waals surface area contributed by atoms with E-state index in [1.807, 2.05) is 13.8 Å². The lowest BCUT2D eigenvalue weighted by Gasteiger charge is -2.19. The lowest BCUT2D eigenvalue weighted by atomic mass is 10.1. The Morgan fingerprint density at radius 2 is 1.71 bits per heavy atom. The number of amides is 4. The summed E-state index contributed by atoms with van der Waals surface area (Å²) in [5.74, 6) is -0.790. The number of allylic oxidation sites excluding steroid dienone is 1. The van der Waals surface area contributed by atoms with Gasteiger partial charge in [0.15, 0.2) is 18.0 Å². The van der Waals surface area contributed by atoms with Crippen LogP contribution < -0.4 is 46.3 Å². The van der Waals surface area contributed by atoms with Crippen LogP contribution in [0.1, 0.15) is 64.6 Å². The molecule has 0 saturated carbocycles. The maximum Gasteiger partial charge on any atom is 0.412 e. The number of hydrogen-bond donors (Lipinski definition) is 6. The van der Waals surface area contributed by atoms with Crippen molar-refractivity contribution in [3.8, 4) is 17.2 Å². The fraction of sp³-hybridized carbons (Fsp3) is 0.286. The normalized spacial score (nSPS) is 11.5. The SMILES string of the molecule is CC[n+]1[nH]c(C)cc1C(=O)Nc1nc2cc(C(N)=O)cc(OC)c2n1C/C=C/CNc1c(OC/C=C/COc2cccc(NC(=O)OC(C)(C)C)c2)cc(C([NH3+])=O)cc1[N+](=O)[O-]. The number of quaternary nitrogens is 1. The average molecular weight is 855 g/mol. The Balaban J connectivity index is 1.31. The number of nitrogens with zero attached hydrogens (tertiary/aromatic N) is 4. The largest absolute Gasteiger partial charge is 0.494 e. The molecule has 0 aliphatic heterocycles. The molecule has 0 fully saturated rings. The number of imidazole rings is 1. The predicted octanol–water partition coefficient (Wildman–Crippen LogP) is 4.66. The summed E-state index contributed by atoms with van der Waals surface area (Å²) in [4.78, 5) is 66.2. The van der Waals surface area contributed by atoms with Crippen LogP contribution in [0.15, 0.2) is 78.9 Å². The number of aryl methyl sites for hydroxylation is 2. The zero-order valence-corrected chi connectivity index (χ0v) is 35.2. The van der Waals surface area contributed by atoms with Gasteiger partial charge in [0.1, 0.15) is 35.8 Å². The summed E-state index contributed by atoms with van der Waals surface area (Å²) in [5.41, 5.74) is 10.5. The highest BCUT2D eigenvalue weighted by molar-refractivity contribution is 6.03. The van der Waals surface area contributed by atoms with E-state index < -0.39 is 40.0 Å². The predicted molar refractivity (Wildman–Crippen MR) is 229 cm³/mol. The van der Waals surface area contributed by atoms with Crippen LogP contribution in [0.2, 0.25) is 0 Å². The molecule has 3 aromatic carbocycles. The fourth-order valence-electron chi connectivity index (χ4n) is 6.12. The van der Waals surface area contributed by atoms with Gasteiger partial charge >= 0.3 is 17.9 Å². The Bertz CT molecular complexity index is 2550. The minimum absolute atomic E-state index is 0.0192. The molecule has 326 valence electrons. The minimum Gasteiger partial charge on any atom is -0.494 e. The van der Waals surface area contributed by atoms with Crippen molar-refractivity contribution in [3.63, 3.8) is 0 Å². The first kappa shape index (κ1) is 45.3. The van der Waals surface area contributed by atoms with Crippen molar-refractivity contribution in [1.82, 2.24) is 14.6 Å². The molecule has 2 aromatic heterocycles. The molecule has 62 heavy (non-hydrogen) atoms. The number of hydrogen-bond acceptors (Lipinski definition) is 12. The number of carbonyl (C=O) groups excluding carboxylic acids is 4. The van der Waals surface area contributed by atoms with Crippen molar-refractivity contribution in [2.24, 2.45) is 5.73 Å². The van der Waals surface area contributed by atoms with Gasteiger partial charge in [0.25, 0.3) is 11.4 Å². The summed E-state index contributed by atoms with van der Waals surface area (Å²) in [5, 5.41) is 23.9. The first-order valence-electron chi connectivity index (χ1n) is 19.3. The van der Waals surface area contributed by atoms with Crippen molar-refractivity contribution in [2.45, 2.75) is 53.3 Å². The molecule has 9 N–H and O–H groups in total. The number of rotatable bonds is 19. The first-order chi connectivity index (χ1) is 29.5. The van der Waals surface area contributed by atoms with Gasteiger partial charge in [-0.1, -0.05) is 18.2 Å². The topological polar surface area (TPSA) is 276 Å². The molecule has 0 unspecified atom stereocenters. The number of anilines is 3. The quantitative estimate of drug-likeness (QED) is 0.0287. The molecule has 20 heteroatoms. The Kier molecular flexibility index (Phi) is 14.6. The maximum absolute atomic E-state index is 13.5. The number of fused-ring (bicyclic) bond motifs is 1. The van der Waals surface area contributed by atoms with Gasteiger partial charge in [0, 0.05) is 42.5 Å². The molecule has 4 amide bonds. The zero-order chi connectivity index (χ0) is 45.1. The summed E-state index contributed by atoms with van der Waals surface area (Å²) in [6.07, 6.45) is 6.16. The molecule has 20 nitrogen and oxygen atoms in total. The van der Waals surface area contributed by atoms with E-state index in [2.05, 4.69) is 31.8 Å². The number of H-pyrrole nitrogens is 1. The smallest absolute Gasteiger partial charge is 0.412 e. The minimum atomic E-state index is -0.688. The summed E-state index contributed by atoms with van der Waals surface area (Å²) < 4.78 is 25.9. The zero-order valence-electron chi connectivity index (χ0n) is 35.2. The Labute approximate surface area is 356 Å². The Morgan fingerprint density at radius 1 is 0.984 bits per heavy atom. The average Bonchev–Trinajstić information content (AvgIpc) is 3.76. The van der Waals surface area contributed by atoms with Crippen LogP contribution in [0.5, 0.6) is 17.2 Å². The molecule has 2 heterocycles. The Morgan fingerprint density at radius 3 is 2.37 bits per heavy atom. The standard InChI is InChI=1S/C42H48N10O10/c1-7-51-32(19-25(2)49-51)39(55)48-40-47-30-20-26(37(43)53)23-34(59-6)36(30)50(40)16-9-8-15-45-35-31(52(57)58)21-27(38(44)54)22-33(35)61-18-11-10-17-60-29-14-12-13-28(24-29)46-41(56)62-42(3,4)5/h8-14,19-24H,7,15-18H2,1-6H3,(H7,43,44,45,46,47,48,53,54,55,56)/p+2/b9-8+,11-10+. The van der Waals surface area contributed by atoms with E-state index in [0.717, 1.165) is 11.8 Å². The number of nitro groups is 1. The highest BCUT2D eigenvalue weighted by Gasteiger charge is 2.26. The second kappa shape index (κ2) is 20.0. The van der Waals surface area contributed by atoms with Gasteiger partial charge in [-0.15, -0.1) is 4.68 Å². The molecular weight excluding hydrogens is 805 g/mol. The molecule has 0 saturated heterocycles. The number of benzene rings is 3. The molecule has 0 spiro atoms. The lowest BCUT2D eigenvalue weighted by molar-refractivity contribution is -0.748. The number of nitrogens with one attached hydrogen (secondary N) is 4. The van der Waals surface area contributed by atoms with Crippen molar-refractivity contribution in [2.75, 3.05) is 42.8 Å². The molecule has 0 radical (unpaired) electrons. The van der Waals surface area contributed by atoms with E-state index in [4.69, 9.17) is 24.7 Å². The van der Waals surface area contributed by atoms with Crippen LogP contribution in [0.3, 0.4) is 0 Å². The summed E-state index contributed by atoms with van der Waals surface area (Å²) in [6.45, 7) is 9.82. The van der Waals surface area contributed by atoms with E-state index >= 15 is 0 Å². The fourth-order valence-corrected chi connectivity index (χ4v) is 6.12. The van der Waals surface area contributed by atoms with E-state index in [9.17, 15) is 29.3 Å². The van der Waals surface area contributed by atoms with Crippen LogP contribution in [0.4, 0.5) is 27.8 Å². The second-order valence-electron chi connectivity index (χ2n) is 14.6. The van der Waals surface area contributed by atoms with Gasteiger partial charge in [-0.3, -0.25) is 36.1 Å². The van der Waals surface area contributed by atoms with E-state index in [1.165, 1.54) is 25.3 Å². The van der Waals surface area contributed by atoms with Crippen molar-refractivity contribution in [3.05, 3.63) is 112 Å². The number of methoxy groups -OCH3 is 1. The Hall–Kier alpha value is -7.74. The van der Waals surface area contributed by atoms with Gasteiger partial charge in [0.2, 0.25) is 11.9 Å². The van der Waals surface area contributed by atoms with Crippen LogP contribution in [0.25, 0.3) is 11.0 Å². The van der Waals surface area contributed by atoms with Gasteiger partial charge < -0.3 is 34.6 Å². The molecule has 0 atom stereocenters. The van der Waals surface area contributed by atoms with Gasteiger partial charge in [-0.2, -0.15) is 5.10 Å². The molecule has 0 aliphatic carbocycles. The maximum atomic E-state index is 13.5. The monoisotopic (exact) mass is 854 g/mol. The number of primary amides is 1. The number of aromatic nitrogens is 4.